The van der Waals surface area contributed by atoms with E-state index in [1.54, 1.807) is 62.2 Å². The van der Waals surface area contributed by atoms with Crippen molar-refractivity contribution in [1.82, 2.24) is 134 Å². The summed E-state index contributed by atoms with van der Waals surface area (Å²) in [6.45, 7) is 6.61. The number of likely N-dealkylation sites (tertiary alicyclic amines) is 7. The van der Waals surface area contributed by atoms with Gasteiger partial charge in [0, 0.05) is 212 Å². The van der Waals surface area contributed by atoms with E-state index < -0.39 is 0 Å². The molecule has 41 heteroatoms. The van der Waals surface area contributed by atoms with E-state index in [1.165, 1.54) is 96.1 Å². The Morgan fingerprint density at radius 3 is 1.31 bits per heavy atom. The highest BCUT2D eigenvalue weighted by molar-refractivity contribution is 6.01. The van der Waals surface area contributed by atoms with E-state index in [1.807, 2.05) is 24.3 Å². The second kappa shape index (κ2) is 46.1. The molecular weight excluding hydrogens is 1730 g/mol. The fourth-order valence-corrected chi connectivity index (χ4v) is 17.8. The molecule has 0 radical (unpaired) electrons. The van der Waals surface area contributed by atoms with E-state index in [2.05, 4.69) is 118 Å². The van der Waals surface area contributed by atoms with Crippen molar-refractivity contribution < 1.29 is 67.1 Å². The van der Waals surface area contributed by atoms with Crippen molar-refractivity contribution in [1.29, 1.82) is 0 Å². The zero-order valence-corrected chi connectivity index (χ0v) is 75.0. The van der Waals surface area contributed by atoms with E-state index in [-0.39, 0.29) is 82.7 Å². The quantitative estimate of drug-likeness (QED) is 0.0699. The molecule has 10 aliphatic heterocycles. The summed E-state index contributed by atoms with van der Waals surface area (Å²) in [7, 11) is 0. The van der Waals surface area contributed by atoms with Crippen LogP contribution in [0, 0.1) is 11.8 Å². The Kier molecular flexibility index (Phi) is 32.4. The minimum atomic E-state index is -0.109. The number of piperidine rings is 10. The van der Waals surface area contributed by atoms with E-state index in [9.17, 15) is 67.1 Å². The van der Waals surface area contributed by atoms with Crippen molar-refractivity contribution in [2.24, 2.45) is 11.8 Å². The van der Waals surface area contributed by atoms with Crippen molar-refractivity contribution in [2.75, 3.05) is 65.4 Å². The van der Waals surface area contributed by atoms with Gasteiger partial charge in [-0.2, -0.15) is 0 Å². The first-order chi connectivity index (χ1) is 65.7. The highest BCUT2D eigenvalue weighted by Crippen LogP contribution is 2.35. The zero-order chi connectivity index (χ0) is 94.1. The summed E-state index contributed by atoms with van der Waals surface area (Å²) in [6, 6.07) is 12.0. The molecule has 135 heavy (non-hydrogen) atoms. The number of benzene rings is 1. The molecule has 10 fully saturated rings. The van der Waals surface area contributed by atoms with Crippen LogP contribution in [0.2, 0.25) is 0 Å². The Morgan fingerprint density at radius 2 is 0.770 bits per heavy atom. The first kappa shape index (κ1) is 95.0. The van der Waals surface area contributed by atoms with Crippen molar-refractivity contribution in [3.8, 4) is 0 Å². The van der Waals surface area contributed by atoms with Crippen LogP contribution < -0.4 is 0 Å². The summed E-state index contributed by atoms with van der Waals surface area (Å²) in [4.78, 5) is 252. The summed E-state index contributed by atoms with van der Waals surface area (Å²) in [6.07, 6.45) is 40.2. The molecule has 700 valence electrons. The van der Waals surface area contributed by atoms with Gasteiger partial charge in [0.1, 0.15) is 51.9 Å². The van der Waals surface area contributed by atoms with Gasteiger partial charge in [-0.1, -0.05) is 35.9 Å². The van der Waals surface area contributed by atoms with Gasteiger partial charge in [0.05, 0.1) is 42.1 Å². The van der Waals surface area contributed by atoms with E-state index >= 15 is 0 Å². The van der Waals surface area contributed by atoms with Crippen LogP contribution in [0.4, 0.5) is 0 Å². The molecule has 10 aromatic heterocycles. The second-order valence-electron chi connectivity index (χ2n) is 34.1. The van der Waals surface area contributed by atoms with Gasteiger partial charge >= 0.3 is 0 Å². The monoisotopic (exact) mass is 1840 g/mol. The molecule has 11 aliphatic rings. The van der Waals surface area contributed by atoms with E-state index in [4.69, 9.17) is 0 Å². The highest BCUT2D eigenvalue weighted by atomic mass is 16.2. The summed E-state index contributed by atoms with van der Waals surface area (Å²) < 4.78 is 0. The van der Waals surface area contributed by atoms with E-state index in [0.717, 1.165) is 59.5 Å². The Balaban J connectivity index is 0.000000120. The lowest BCUT2D eigenvalue weighted by Crippen LogP contribution is -2.49. The predicted octanol–water partition coefficient (Wildman–Crippen LogP) is 6.79. The average molecular weight is 1840 g/mol. The second-order valence-corrected chi connectivity index (χ2v) is 34.1. The van der Waals surface area contributed by atoms with Crippen LogP contribution in [-0.2, 0) is 106 Å². The topological polar surface area (TPSA) is 516 Å². The summed E-state index contributed by atoms with van der Waals surface area (Å²) >= 11 is 0. The number of nitrogens with zero attached hydrogens (tertiary/aromatic N) is 25. The van der Waals surface area contributed by atoms with Crippen LogP contribution in [0.25, 0.3) is 61.9 Å². The molecule has 20 heterocycles. The maximum atomic E-state index is 11.7. The number of carbonyl (C=O) groups excluding carboxylic acids is 14. The van der Waals surface area contributed by atoms with Gasteiger partial charge < -0.3 is 14.9 Å². The molecule has 11 aromatic rings. The molecule has 2 bridgehead atoms. The zero-order valence-electron chi connectivity index (χ0n) is 75.0. The number of amides is 14. The molecule has 2 N–H and O–H groups in total. The number of nitrogens with one attached hydrogen (secondary N) is 2. The van der Waals surface area contributed by atoms with Crippen LogP contribution in [0.5, 0.6) is 0 Å². The molecule has 14 amide bonds. The largest absolute Gasteiger partial charge is 0.342 e. The Bertz CT molecular complexity index is 6030. The van der Waals surface area contributed by atoms with Crippen molar-refractivity contribution in [2.45, 2.75) is 199 Å². The summed E-state index contributed by atoms with van der Waals surface area (Å²) in [5, 5.41) is 0. The fourth-order valence-electron chi connectivity index (χ4n) is 17.8. The number of imide groups is 7. The van der Waals surface area contributed by atoms with Crippen molar-refractivity contribution in [3.05, 3.63) is 157 Å². The molecule has 22 rings (SSSR count). The number of aromatic amines is 2. The van der Waals surface area contributed by atoms with Gasteiger partial charge in [-0.15, -0.1) is 0 Å². The van der Waals surface area contributed by atoms with Gasteiger partial charge in [-0.25, -0.2) is 79.7 Å². The molecule has 0 spiro atoms. The number of pyridine rings is 1. The lowest BCUT2D eigenvalue weighted by atomic mass is 9.77. The average Bonchev–Trinajstić information content (AvgIpc) is 1.57. The van der Waals surface area contributed by atoms with Gasteiger partial charge in [0.2, 0.25) is 82.7 Å². The van der Waals surface area contributed by atoms with Crippen molar-refractivity contribution in [3.63, 3.8) is 0 Å². The third-order valence-corrected chi connectivity index (χ3v) is 25.1. The number of hydrogen-bond donors (Lipinski definition) is 2. The lowest BCUT2D eigenvalue weighted by molar-refractivity contribution is -0.149. The number of aromatic nitrogens is 19. The number of carbonyl (C=O) groups is 14. The first-order valence-electron chi connectivity index (χ1n) is 46.2. The number of H-pyrrole nitrogens is 2. The SMILES string of the molecule is O=C1CCCC(=O)N1CCC1=Cc2ccccc2C1.O=C1CCCC(=O)N1CCC1CN2CCC1CC2.O=C1CCCC(=O)N1CCc1cnc2cccnc2n1.O=C1CCCC(=O)N1CCc1ncc2[nH]cnc2n1.O=C1CCCC(=O)N1CCc1ncc2nccnc2n1.O=C1CCCC(=O)N1CCc1ncnc2nc[nH]c12.O=C1CCCC(=O)N1CCc1ncnc2nccnc12. The summed E-state index contributed by atoms with van der Waals surface area (Å²) in [5.41, 5.74) is 12.5. The number of imidazole rings is 2. The third-order valence-electron chi connectivity index (χ3n) is 25.1. The van der Waals surface area contributed by atoms with Crippen LogP contribution in [-0.4, -0.2) is 282 Å². The van der Waals surface area contributed by atoms with E-state index in [0.29, 0.717) is 269 Å². The molecule has 1 aromatic carbocycles. The Hall–Kier alpha value is -14.7. The fraction of sp³-hybridized carbons (Fsp3) is 0.457. The molecule has 41 nitrogen and oxygen atoms in total. The molecular formula is C94H105N27O14. The van der Waals surface area contributed by atoms with Gasteiger partial charge in [0.25, 0.3) is 0 Å². The number of hydrogen-bond acceptors (Lipinski definition) is 32. The van der Waals surface area contributed by atoms with Crippen LogP contribution in [0.15, 0.2) is 117 Å². The minimum Gasteiger partial charge on any atom is -0.342 e. The van der Waals surface area contributed by atoms with Gasteiger partial charge in [-0.3, -0.25) is 106 Å². The molecule has 0 saturated carbocycles. The van der Waals surface area contributed by atoms with Gasteiger partial charge in [-0.05, 0) is 125 Å². The number of fused-ring (bicyclic) bond motifs is 9. The van der Waals surface area contributed by atoms with Crippen LogP contribution >= 0.6 is 0 Å². The first-order valence-corrected chi connectivity index (χ1v) is 46.2. The summed E-state index contributed by atoms with van der Waals surface area (Å²) in [5.74, 6) is 1.78. The smallest absolute Gasteiger partial charge is 0.229 e. The maximum absolute atomic E-state index is 11.7. The Labute approximate surface area is 774 Å². The number of rotatable bonds is 21. The van der Waals surface area contributed by atoms with Crippen LogP contribution in [0.1, 0.15) is 200 Å². The maximum Gasteiger partial charge on any atom is 0.229 e. The third kappa shape index (κ3) is 25.2. The molecule has 10 saturated heterocycles. The van der Waals surface area contributed by atoms with Crippen LogP contribution in [0.3, 0.4) is 0 Å². The Morgan fingerprint density at radius 1 is 0.333 bits per heavy atom. The molecule has 1 atom stereocenters. The van der Waals surface area contributed by atoms with Crippen molar-refractivity contribution >= 4 is 145 Å². The molecule has 1 aliphatic carbocycles. The molecule has 1 unspecified atom stereocenters. The lowest BCUT2D eigenvalue weighted by Gasteiger charge is -2.45. The normalized spacial score (nSPS) is 19.1. The minimum absolute atomic E-state index is 0.00707. The predicted molar refractivity (Wildman–Crippen MR) is 483 cm³/mol. The highest BCUT2D eigenvalue weighted by Gasteiger charge is 2.37. The van der Waals surface area contributed by atoms with Gasteiger partial charge in [0.15, 0.2) is 28.2 Å². The standard InChI is InChI=1S/C16H17NO2.C14H14N4O2.C14H22N2O2.2C13H13N5O2.2C12H13N5O2/c18-15-6-3-7-16(19)17(15)9-8-12-10-13-4-1-2-5-14(13)11-12;19-12-4-1-5-13(20)18(12)8-6-10-9-16-11-3-2-7-15-14(11)17-10;17-13-2-1-3-14(18)16(13)9-6-12-10-15-7-4-11(12)5-8-15;19-11-2-1-3-12(20)18(11)7-4-10-16-8-9-13(17-10)15-6-5-14-9;19-10-2-1-3-11(20)18(10)7-4-9-12-13(17-8-16-9)15-6-5-14-12;18-10-2-1-3-11(19)17(10)5-4-9-13-6-8-12(16-9)15-7-14-8;18-9-2-1-3-10(19)17(9)5-4-8-11-12(15-6-13-8)16-7-14-11/h1-2,4-5,10H,3,6-9,11H2;2-3,7,9H,1,4-6,8H2;11-12H,1-10H2;2*5-6,8H,1-4,7H2;2*6-7H,1-5H2,(H,13,14,15,16).